The van der Waals surface area contributed by atoms with Gasteiger partial charge in [-0.15, -0.1) is 0 Å². The van der Waals surface area contributed by atoms with E-state index in [1.807, 2.05) is 30.3 Å². The third kappa shape index (κ3) is 2.85. The topological polar surface area (TPSA) is 66.4 Å². The average Bonchev–Trinajstić information content (AvgIpc) is 3.37. The van der Waals surface area contributed by atoms with Gasteiger partial charge in [-0.25, -0.2) is 0 Å². The van der Waals surface area contributed by atoms with E-state index >= 15 is 0 Å². The van der Waals surface area contributed by atoms with E-state index < -0.39 is 6.29 Å². The summed E-state index contributed by atoms with van der Waals surface area (Å²) < 4.78 is 27.2. The lowest BCUT2D eigenvalue weighted by Gasteiger charge is -2.20. The van der Waals surface area contributed by atoms with Crippen LogP contribution in [0.2, 0.25) is 0 Å². The van der Waals surface area contributed by atoms with Crippen molar-refractivity contribution in [1.29, 1.82) is 0 Å². The molecule has 6 heteroatoms. The molecule has 3 atom stereocenters. The molecule has 1 N–H and O–H groups in total. The first-order valence-electron chi connectivity index (χ1n) is 8.83. The highest BCUT2D eigenvalue weighted by atomic mass is 16.7. The second-order valence-corrected chi connectivity index (χ2v) is 6.93. The van der Waals surface area contributed by atoms with Gasteiger partial charge < -0.3 is 28.8 Å². The SMILES string of the molecule is O[C@@H]1OC[C@H](Cc2ccc3c(c2)OCO3)[C@@H]1Cc1ccc2c(c1)OCO2. The van der Waals surface area contributed by atoms with E-state index in [-0.39, 0.29) is 25.4 Å². The summed E-state index contributed by atoms with van der Waals surface area (Å²) in [5, 5.41) is 10.3. The molecule has 3 heterocycles. The molecular formula is C20H20O6. The number of aliphatic hydroxyl groups excluding tert-OH is 1. The first kappa shape index (κ1) is 15.8. The molecule has 2 aromatic rings. The number of hydrogen-bond donors (Lipinski definition) is 1. The van der Waals surface area contributed by atoms with Gasteiger partial charge in [-0.3, -0.25) is 0 Å². The fourth-order valence-corrected chi connectivity index (χ4v) is 3.89. The van der Waals surface area contributed by atoms with E-state index in [1.54, 1.807) is 0 Å². The Balaban J connectivity index is 1.32. The van der Waals surface area contributed by atoms with Crippen molar-refractivity contribution in [2.24, 2.45) is 11.8 Å². The lowest BCUT2D eigenvalue weighted by molar-refractivity contribution is -0.0820. The van der Waals surface area contributed by atoms with Crippen molar-refractivity contribution < 1.29 is 28.8 Å². The quantitative estimate of drug-likeness (QED) is 0.908. The molecule has 0 bridgehead atoms. The zero-order chi connectivity index (χ0) is 17.5. The first-order valence-corrected chi connectivity index (χ1v) is 8.83. The van der Waals surface area contributed by atoms with Gasteiger partial charge in [0.05, 0.1) is 6.61 Å². The van der Waals surface area contributed by atoms with Crippen molar-refractivity contribution in [3.05, 3.63) is 47.5 Å². The zero-order valence-electron chi connectivity index (χ0n) is 14.2. The van der Waals surface area contributed by atoms with Gasteiger partial charge in [-0.2, -0.15) is 0 Å². The molecule has 26 heavy (non-hydrogen) atoms. The monoisotopic (exact) mass is 356 g/mol. The molecule has 136 valence electrons. The summed E-state index contributed by atoms with van der Waals surface area (Å²) >= 11 is 0. The first-order chi connectivity index (χ1) is 12.8. The Kier molecular flexibility index (Phi) is 3.87. The maximum Gasteiger partial charge on any atom is 0.231 e. The second-order valence-electron chi connectivity index (χ2n) is 6.93. The normalized spacial score (nSPS) is 25.7. The number of ether oxygens (including phenoxy) is 5. The summed E-state index contributed by atoms with van der Waals surface area (Å²) in [5.41, 5.74) is 2.27. The number of aliphatic hydroxyl groups is 1. The molecular weight excluding hydrogens is 336 g/mol. The third-order valence-electron chi connectivity index (χ3n) is 5.30. The van der Waals surface area contributed by atoms with Crippen molar-refractivity contribution in [3.63, 3.8) is 0 Å². The number of benzene rings is 2. The molecule has 5 rings (SSSR count). The maximum absolute atomic E-state index is 10.3. The van der Waals surface area contributed by atoms with E-state index in [9.17, 15) is 5.11 Å². The smallest absolute Gasteiger partial charge is 0.231 e. The number of fused-ring (bicyclic) bond motifs is 2. The molecule has 0 unspecified atom stereocenters. The van der Waals surface area contributed by atoms with Crippen LogP contribution in [0.15, 0.2) is 36.4 Å². The molecule has 2 aromatic carbocycles. The summed E-state index contributed by atoms with van der Waals surface area (Å²) in [6, 6.07) is 11.9. The highest BCUT2D eigenvalue weighted by Crippen LogP contribution is 2.38. The number of rotatable bonds is 4. The Hall–Kier alpha value is -2.44. The molecule has 0 amide bonds. The van der Waals surface area contributed by atoms with Crippen LogP contribution in [-0.4, -0.2) is 31.6 Å². The Labute approximate surface area is 151 Å². The Morgan fingerprint density at radius 2 is 1.35 bits per heavy atom. The molecule has 6 nitrogen and oxygen atoms in total. The van der Waals surface area contributed by atoms with Gasteiger partial charge in [0.1, 0.15) is 0 Å². The van der Waals surface area contributed by atoms with Crippen molar-refractivity contribution in [2.75, 3.05) is 20.2 Å². The average molecular weight is 356 g/mol. The molecule has 3 aliphatic rings. The Morgan fingerprint density at radius 3 is 2.00 bits per heavy atom. The minimum absolute atomic E-state index is 0.0285. The molecule has 1 fully saturated rings. The molecule has 0 aliphatic carbocycles. The molecule has 0 aromatic heterocycles. The predicted molar refractivity (Wildman–Crippen MR) is 91.5 cm³/mol. The molecule has 0 radical (unpaired) electrons. The van der Waals surface area contributed by atoms with Crippen LogP contribution in [0.4, 0.5) is 0 Å². The van der Waals surface area contributed by atoms with E-state index in [0.717, 1.165) is 47.0 Å². The largest absolute Gasteiger partial charge is 0.454 e. The van der Waals surface area contributed by atoms with Crippen molar-refractivity contribution >= 4 is 0 Å². The van der Waals surface area contributed by atoms with Gasteiger partial charge in [0, 0.05) is 5.92 Å². The Morgan fingerprint density at radius 1 is 0.769 bits per heavy atom. The molecule has 1 saturated heterocycles. The van der Waals surface area contributed by atoms with Crippen LogP contribution in [0, 0.1) is 11.8 Å². The summed E-state index contributed by atoms with van der Waals surface area (Å²) in [6.07, 6.45) is 0.801. The van der Waals surface area contributed by atoms with Crippen LogP contribution >= 0.6 is 0 Å². The van der Waals surface area contributed by atoms with Crippen LogP contribution in [-0.2, 0) is 17.6 Å². The van der Waals surface area contributed by atoms with Crippen molar-refractivity contribution in [2.45, 2.75) is 19.1 Å². The Bertz CT molecular complexity index is 820. The summed E-state index contributed by atoms with van der Waals surface area (Å²) in [4.78, 5) is 0. The molecule has 0 saturated carbocycles. The molecule has 3 aliphatic heterocycles. The maximum atomic E-state index is 10.3. The van der Waals surface area contributed by atoms with Crippen LogP contribution < -0.4 is 18.9 Å². The van der Waals surface area contributed by atoms with Gasteiger partial charge in [0.25, 0.3) is 0 Å². The summed E-state index contributed by atoms with van der Waals surface area (Å²) in [7, 11) is 0. The van der Waals surface area contributed by atoms with Crippen molar-refractivity contribution in [3.8, 4) is 23.0 Å². The minimum Gasteiger partial charge on any atom is -0.454 e. The standard InChI is InChI=1S/C20H20O6/c21-20-15(6-13-2-4-17-19(8-13)26-11-24-17)14(9-22-20)5-12-1-3-16-18(7-12)25-10-23-16/h1-4,7-8,14-15,20-21H,5-6,9-11H2/t14-,15-,20+/m0/s1. The van der Waals surface area contributed by atoms with Gasteiger partial charge >= 0.3 is 0 Å². The summed E-state index contributed by atoms with van der Waals surface area (Å²) in [6.45, 7) is 1.09. The number of hydrogen-bond acceptors (Lipinski definition) is 6. The minimum atomic E-state index is -0.751. The predicted octanol–water partition coefficient (Wildman–Crippen LogP) is 2.51. The van der Waals surface area contributed by atoms with Crippen LogP contribution in [0.5, 0.6) is 23.0 Å². The van der Waals surface area contributed by atoms with E-state index in [2.05, 4.69) is 6.07 Å². The van der Waals surface area contributed by atoms with Crippen LogP contribution in [0.1, 0.15) is 11.1 Å². The lowest BCUT2D eigenvalue weighted by atomic mass is 9.84. The van der Waals surface area contributed by atoms with Gasteiger partial charge in [-0.1, -0.05) is 12.1 Å². The van der Waals surface area contributed by atoms with E-state index in [0.29, 0.717) is 6.61 Å². The fourth-order valence-electron chi connectivity index (χ4n) is 3.89. The van der Waals surface area contributed by atoms with Crippen LogP contribution in [0.3, 0.4) is 0 Å². The summed E-state index contributed by atoms with van der Waals surface area (Å²) in [5.74, 6) is 3.37. The highest BCUT2D eigenvalue weighted by Gasteiger charge is 2.36. The fraction of sp³-hybridized carbons (Fsp3) is 0.400. The zero-order valence-corrected chi connectivity index (χ0v) is 14.2. The molecule has 0 spiro atoms. The highest BCUT2D eigenvalue weighted by molar-refractivity contribution is 5.45. The third-order valence-corrected chi connectivity index (χ3v) is 5.30. The van der Waals surface area contributed by atoms with Gasteiger partial charge in [0.15, 0.2) is 29.3 Å². The van der Waals surface area contributed by atoms with Crippen molar-refractivity contribution in [1.82, 2.24) is 0 Å². The lowest BCUT2D eigenvalue weighted by Crippen LogP contribution is -2.24. The van der Waals surface area contributed by atoms with E-state index in [1.165, 1.54) is 0 Å². The van der Waals surface area contributed by atoms with E-state index in [4.69, 9.17) is 23.7 Å². The second kappa shape index (κ2) is 6.37. The van der Waals surface area contributed by atoms with Crippen LogP contribution in [0.25, 0.3) is 0 Å². The van der Waals surface area contributed by atoms with Gasteiger partial charge in [-0.05, 0) is 54.2 Å². The van der Waals surface area contributed by atoms with Gasteiger partial charge in [0.2, 0.25) is 13.6 Å².